The Hall–Kier alpha value is -1.45. The normalized spacial score (nSPS) is 12.5. The fraction of sp³-hybridized carbons (Fsp3) is 0.143. The molecule has 2 aromatic rings. The maximum atomic E-state index is 13.4. The Labute approximate surface area is 109 Å². The monoisotopic (exact) mass is 268 g/mol. The van der Waals surface area contributed by atoms with E-state index < -0.39 is 17.7 Å². The Morgan fingerprint density at radius 3 is 2.50 bits per heavy atom. The molecule has 1 atom stereocenters. The maximum absolute atomic E-state index is 13.4. The van der Waals surface area contributed by atoms with Crippen LogP contribution < -0.4 is 0 Å². The molecular formula is C14H11ClF2O. The van der Waals surface area contributed by atoms with E-state index in [1.807, 2.05) is 0 Å². The molecule has 4 heteroatoms. The third-order valence-corrected chi connectivity index (χ3v) is 3.11. The van der Waals surface area contributed by atoms with Crippen molar-refractivity contribution < 1.29 is 13.9 Å². The lowest BCUT2D eigenvalue weighted by atomic mass is 10.00. The highest BCUT2D eigenvalue weighted by Crippen LogP contribution is 2.29. The Kier molecular flexibility index (Phi) is 3.64. The number of rotatable bonds is 2. The number of aryl methyl sites for hydroxylation is 1. The van der Waals surface area contributed by atoms with Gasteiger partial charge in [0.1, 0.15) is 17.7 Å². The van der Waals surface area contributed by atoms with E-state index in [2.05, 4.69) is 0 Å². The molecule has 1 nitrogen and oxygen atoms in total. The summed E-state index contributed by atoms with van der Waals surface area (Å²) < 4.78 is 26.5. The van der Waals surface area contributed by atoms with Crippen LogP contribution >= 0.6 is 11.6 Å². The fourth-order valence-corrected chi connectivity index (χ4v) is 1.90. The summed E-state index contributed by atoms with van der Waals surface area (Å²) in [4.78, 5) is 0. The van der Waals surface area contributed by atoms with E-state index in [0.29, 0.717) is 11.1 Å². The Bertz CT molecular complexity index is 584. The zero-order chi connectivity index (χ0) is 13.3. The number of aliphatic hydroxyl groups is 1. The summed E-state index contributed by atoms with van der Waals surface area (Å²) in [6, 6.07) is 8.08. The minimum atomic E-state index is -1.15. The zero-order valence-electron chi connectivity index (χ0n) is 9.62. The number of benzene rings is 2. The molecule has 18 heavy (non-hydrogen) atoms. The van der Waals surface area contributed by atoms with Crippen LogP contribution in [0.3, 0.4) is 0 Å². The topological polar surface area (TPSA) is 20.2 Å². The largest absolute Gasteiger partial charge is 0.384 e. The molecular weight excluding hydrogens is 258 g/mol. The Morgan fingerprint density at radius 2 is 1.83 bits per heavy atom. The standard InChI is InChI=1S/C14H11ClF2O/c1-8-2-3-9(6-13(8)17)14(18)11-7-10(16)4-5-12(11)15/h2-7,14,18H,1H3. The second kappa shape index (κ2) is 5.04. The lowest BCUT2D eigenvalue weighted by molar-refractivity contribution is 0.219. The quantitative estimate of drug-likeness (QED) is 0.873. The SMILES string of the molecule is Cc1ccc(C(O)c2cc(F)ccc2Cl)cc1F. The van der Waals surface area contributed by atoms with Crippen molar-refractivity contribution in [2.45, 2.75) is 13.0 Å². The van der Waals surface area contributed by atoms with Crippen molar-refractivity contribution >= 4 is 11.6 Å². The van der Waals surface area contributed by atoms with Crippen LogP contribution in [0.5, 0.6) is 0 Å². The van der Waals surface area contributed by atoms with Crippen molar-refractivity contribution in [2.24, 2.45) is 0 Å². The van der Waals surface area contributed by atoms with Gasteiger partial charge in [-0.1, -0.05) is 23.7 Å². The maximum Gasteiger partial charge on any atom is 0.126 e. The summed E-state index contributed by atoms with van der Waals surface area (Å²) in [5, 5.41) is 10.3. The first-order valence-electron chi connectivity index (χ1n) is 5.38. The second-order valence-corrected chi connectivity index (χ2v) is 4.48. The molecule has 1 unspecified atom stereocenters. The number of aliphatic hydroxyl groups excluding tert-OH is 1. The average molecular weight is 269 g/mol. The first-order valence-corrected chi connectivity index (χ1v) is 5.76. The molecule has 0 saturated heterocycles. The van der Waals surface area contributed by atoms with Gasteiger partial charge in [-0.2, -0.15) is 0 Å². The van der Waals surface area contributed by atoms with Crippen molar-refractivity contribution in [3.63, 3.8) is 0 Å². The Morgan fingerprint density at radius 1 is 1.11 bits per heavy atom. The first kappa shape index (κ1) is 13.0. The van der Waals surface area contributed by atoms with Gasteiger partial charge in [0.25, 0.3) is 0 Å². The highest BCUT2D eigenvalue weighted by molar-refractivity contribution is 6.31. The number of halogens is 3. The fourth-order valence-electron chi connectivity index (χ4n) is 1.68. The molecule has 0 heterocycles. The molecule has 0 amide bonds. The lowest BCUT2D eigenvalue weighted by Crippen LogP contribution is -2.02. The lowest BCUT2D eigenvalue weighted by Gasteiger charge is -2.14. The average Bonchev–Trinajstić information content (AvgIpc) is 2.35. The van der Waals surface area contributed by atoms with Crippen LogP contribution in [0.4, 0.5) is 8.78 Å². The van der Waals surface area contributed by atoms with E-state index in [1.54, 1.807) is 19.1 Å². The van der Waals surface area contributed by atoms with Crippen molar-refractivity contribution in [1.82, 2.24) is 0 Å². The molecule has 0 bridgehead atoms. The van der Waals surface area contributed by atoms with Crippen LogP contribution in [-0.4, -0.2) is 5.11 Å². The number of hydrogen-bond acceptors (Lipinski definition) is 1. The highest BCUT2D eigenvalue weighted by atomic mass is 35.5. The van der Waals surface area contributed by atoms with Gasteiger partial charge in [-0.25, -0.2) is 8.78 Å². The highest BCUT2D eigenvalue weighted by Gasteiger charge is 2.16. The molecule has 0 aliphatic rings. The van der Waals surface area contributed by atoms with Gasteiger partial charge in [-0.05, 0) is 42.3 Å². The van der Waals surface area contributed by atoms with Gasteiger partial charge in [0, 0.05) is 10.6 Å². The van der Waals surface area contributed by atoms with Crippen molar-refractivity contribution in [1.29, 1.82) is 0 Å². The molecule has 0 aliphatic heterocycles. The first-order chi connectivity index (χ1) is 8.49. The molecule has 0 spiro atoms. The minimum absolute atomic E-state index is 0.222. The number of hydrogen-bond donors (Lipinski definition) is 1. The van der Waals surface area contributed by atoms with Crippen molar-refractivity contribution in [2.75, 3.05) is 0 Å². The van der Waals surface area contributed by atoms with Gasteiger partial charge in [0.15, 0.2) is 0 Å². The predicted molar refractivity (Wildman–Crippen MR) is 66.6 cm³/mol. The molecule has 0 saturated carbocycles. The van der Waals surface area contributed by atoms with Gasteiger partial charge >= 0.3 is 0 Å². The second-order valence-electron chi connectivity index (χ2n) is 4.08. The van der Waals surface area contributed by atoms with Crippen LogP contribution in [0.25, 0.3) is 0 Å². The molecule has 2 aromatic carbocycles. The summed E-state index contributed by atoms with van der Waals surface area (Å²) >= 11 is 5.89. The van der Waals surface area contributed by atoms with Crippen LogP contribution in [0, 0.1) is 18.6 Å². The summed E-state index contributed by atoms with van der Waals surface area (Å²) in [7, 11) is 0. The third-order valence-electron chi connectivity index (χ3n) is 2.76. The van der Waals surface area contributed by atoms with Gasteiger partial charge in [0.2, 0.25) is 0 Å². The van der Waals surface area contributed by atoms with Gasteiger partial charge in [-0.15, -0.1) is 0 Å². The van der Waals surface area contributed by atoms with E-state index in [9.17, 15) is 13.9 Å². The minimum Gasteiger partial charge on any atom is -0.384 e. The molecule has 0 radical (unpaired) electrons. The third kappa shape index (κ3) is 2.52. The van der Waals surface area contributed by atoms with Crippen LogP contribution in [0.1, 0.15) is 22.8 Å². The summed E-state index contributed by atoms with van der Waals surface area (Å²) in [6.45, 7) is 1.63. The smallest absolute Gasteiger partial charge is 0.126 e. The summed E-state index contributed by atoms with van der Waals surface area (Å²) in [5.41, 5.74) is 1.04. The van der Waals surface area contributed by atoms with Crippen molar-refractivity contribution in [3.8, 4) is 0 Å². The van der Waals surface area contributed by atoms with Crippen LogP contribution in [0.15, 0.2) is 36.4 Å². The van der Waals surface area contributed by atoms with Crippen LogP contribution in [-0.2, 0) is 0 Å². The zero-order valence-corrected chi connectivity index (χ0v) is 10.4. The molecule has 0 fully saturated rings. The van der Waals surface area contributed by atoms with Crippen molar-refractivity contribution in [3.05, 3.63) is 69.7 Å². The van der Waals surface area contributed by atoms with E-state index in [0.717, 1.165) is 6.07 Å². The van der Waals surface area contributed by atoms with Gasteiger partial charge in [-0.3, -0.25) is 0 Å². The van der Waals surface area contributed by atoms with E-state index in [4.69, 9.17) is 11.6 Å². The molecule has 94 valence electrons. The Balaban J connectivity index is 2.44. The van der Waals surface area contributed by atoms with Crippen LogP contribution in [0.2, 0.25) is 5.02 Å². The molecule has 1 N–H and O–H groups in total. The molecule has 0 aromatic heterocycles. The van der Waals surface area contributed by atoms with Gasteiger partial charge in [0.05, 0.1) is 0 Å². The molecule has 2 rings (SSSR count). The summed E-state index contributed by atoms with van der Waals surface area (Å²) in [5.74, 6) is -0.917. The van der Waals surface area contributed by atoms with E-state index in [1.165, 1.54) is 18.2 Å². The van der Waals surface area contributed by atoms with E-state index in [-0.39, 0.29) is 10.6 Å². The van der Waals surface area contributed by atoms with Gasteiger partial charge < -0.3 is 5.11 Å². The summed E-state index contributed by atoms with van der Waals surface area (Å²) in [6.07, 6.45) is -1.15. The van der Waals surface area contributed by atoms with E-state index >= 15 is 0 Å². The molecule has 0 aliphatic carbocycles. The predicted octanol–water partition coefficient (Wildman–Crippen LogP) is 4.01.